The summed E-state index contributed by atoms with van der Waals surface area (Å²) in [4.78, 5) is 4.34. The van der Waals surface area contributed by atoms with E-state index in [0.717, 1.165) is 5.75 Å². The van der Waals surface area contributed by atoms with Gasteiger partial charge in [0.05, 0.1) is 6.54 Å². The summed E-state index contributed by atoms with van der Waals surface area (Å²) in [5.74, 6) is 1.45. The lowest BCUT2D eigenvalue weighted by Gasteiger charge is -2.23. The normalized spacial score (nSPS) is 16.0. The molecule has 5 heteroatoms. The highest BCUT2D eigenvalue weighted by Crippen LogP contribution is 2.17. The minimum atomic E-state index is 0. The van der Waals surface area contributed by atoms with Crippen molar-refractivity contribution in [2.75, 3.05) is 13.2 Å². The highest BCUT2D eigenvalue weighted by atomic mass is 127. The number of halogens is 1. The van der Waals surface area contributed by atoms with Crippen molar-refractivity contribution in [3.8, 4) is 5.75 Å². The summed E-state index contributed by atoms with van der Waals surface area (Å²) in [6, 6.07) is 6.72. The molecule has 1 aromatic rings. The van der Waals surface area contributed by atoms with Crippen molar-refractivity contribution < 1.29 is 4.74 Å². The molecular formula is C17H28IN3O. The van der Waals surface area contributed by atoms with E-state index in [1.54, 1.807) is 0 Å². The Morgan fingerprint density at radius 2 is 1.82 bits per heavy atom. The molecule has 124 valence electrons. The molecule has 1 saturated carbocycles. The van der Waals surface area contributed by atoms with Crippen LogP contribution in [0, 0.1) is 13.8 Å². The van der Waals surface area contributed by atoms with E-state index in [2.05, 4.69) is 30.2 Å². The Bertz CT molecular complexity index is 465. The van der Waals surface area contributed by atoms with Crippen LogP contribution in [0.5, 0.6) is 5.75 Å². The molecular weight excluding hydrogens is 389 g/mol. The quantitative estimate of drug-likeness (QED) is 0.334. The molecule has 2 rings (SSSR count). The van der Waals surface area contributed by atoms with Gasteiger partial charge in [-0.05, 0) is 49.9 Å². The fourth-order valence-corrected chi connectivity index (χ4v) is 2.85. The third-order valence-electron chi connectivity index (χ3n) is 3.79. The van der Waals surface area contributed by atoms with E-state index in [1.165, 1.54) is 43.2 Å². The minimum Gasteiger partial charge on any atom is -0.492 e. The third kappa shape index (κ3) is 6.85. The van der Waals surface area contributed by atoms with Crippen LogP contribution in [0.25, 0.3) is 0 Å². The van der Waals surface area contributed by atoms with Gasteiger partial charge in [-0.3, -0.25) is 0 Å². The second kappa shape index (κ2) is 9.92. The van der Waals surface area contributed by atoms with Gasteiger partial charge in [0, 0.05) is 6.04 Å². The number of nitrogens with one attached hydrogen (secondary N) is 1. The molecule has 1 fully saturated rings. The molecule has 0 spiro atoms. The Kier molecular flexibility index (Phi) is 8.60. The molecule has 1 aliphatic rings. The number of benzene rings is 1. The first-order valence-electron chi connectivity index (χ1n) is 7.91. The van der Waals surface area contributed by atoms with E-state index in [4.69, 9.17) is 10.5 Å². The molecule has 0 heterocycles. The predicted octanol–water partition coefficient (Wildman–Crippen LogP) is 3.54. The number of hydrogen-bond acceptors (Lipinski definition) is 2. The van der Waals surface area contributed by atoms with Gasteiger partial charge in [-0.1, -0.05) is 25.3 Å². The molecule has 0 radical (unpaired) electrons. The van der Waals surface area contributed by atoms with E-state index >= 15 is 0 Å². The first kappa shape index (κ1) is 19.1. The Labute approximate surface area is 150 Å². The lowest BCUT2D eigenvalue weighted by Crippen LogP contribution is -2.41. The molecule has 4 nitrogen and oxygen atoms in total. The molecule has 1 aliphatic carbocycles. The second-order valence-corrected chi connectivity index (χ2v) is 5.92. The van der Waals surface area contributed by atoms with Crippen molar-refractivity contribution in [1.29, 1.82) is 0 Å². The third-order valence-corrected chi connectivity index (χ3v) is 3.79. The van der Waals surface area contributed by atoms with Crippen LogP contribution in [0.1, 0.15) is 43.2 Å². The van der Waals surface area contributed by atoms with Crippen molar-refractivity contribution in [2.24, 2.45) is 10.7 Å². The summed E-state index contributed by atoms with van der Waals surface area (Å²) >= 11 is 0. The number of nitrogens with zero attached hydrogens (tertiary/aromatic N) is 1. The van der Waals surface area contributed by atoms with Crippen LogP contribution in [-0.2, 0) is 0 Å². The molecule has 22 heavy (non-hydrogen) atoms. The van der Waals surface area contributed by atoms with Crippen LogP contribution in [0.3, 0.4) is 0 Å². The Balaban J connectivity index is 0.00000242. The number of nitrogens with two attached hydrogens (primary N) is 1. The van der Waals surface area contributed by atoms with Gasteiger partial charge in [-0.2, -0.15) is 0 Å². The van der Waals surface area contributed by atoms with Crippen LogP contribution in [-0.4, -0.2) is 25.2 Å². The molecule has 0 unspecified atom stereocenters. The van der Waals surface area contributed by atoms with Crippen molar-refractivity contribution in [3.05, 3.63) is 29.3 Å². The van der Waals surface area contributed by atoms with Gasteiger partial charge in [0.1, 0.15) is 12.4 Å². The predicted molar refractivity (Wildman–Crippen MR) is 103 cm³/mol. The first-order chi connectivity index (χ1) is 10.1. The molecule has 0 aliphatic heterocycles. The molecule has 0 saturated heterocycles. The maximum Gasteiger partial charge on any atom is 0.188 e. The maximum absolute atomic E-state index is 5.92. The highest BCUT2D eigenvalue weighted by Gasteiger charge is 2.13. The number of aryl methyl sites for hydroxylation is 2. The van der Waals surface area contributed by atoms with Gasteiger partial charge in [-0.15, -0.1) is 24.0 Å². The topological polar surface area (TPSA) is 59.6 Å². The van der Waals surface area contributed by atoms with E-state index in [-0.39, 0.29) is 24.0 Å². The summed E-state index contributed by atoms with van der Waals surface area (Å²) in [7, 11) is 0. The lowest BCUT2D eigenvalue weighted by atomic mass is 9.96. The first-order valence-corrected chi connectivity index (χ1v) is 7.91. The van der Waals surface area contributed by atoms with Gasteiger partial charge in [-0.25, -0.2) is 4.99 Å². The molecule has 0 amide bonds. The Hall–Kier alpha value is -0.980. The van der Waals surface area contributed by atoms with Gasteiger partial charge in [0.2, 0.25) is 0 Å². The maximum atomic E-state index is 5.92. The molecule has 0 atom stereocenters. The van der Waals surface area contributed by atoms with Crippen LogP contribution in [0.4, 0.5) is 0 Å². The molecule has 0 aromatic heterocycles. The monoisotopic (exact) mass is 417 g/mol. The second-order valence-electron chi connectivity index (χ2n) is 5.92. The largest absolute Gasteiger partial charge is 0.492 e. The van der Waals surface area contributed by atoms with Crippen LogP contribution < -0.4 is 15.8 Å². The zero-order valence-electron chi connectivity index (χ0n) is 13.6. The zero-order valence-corrected chi connectivity index (χ0v) is 15.9. The number of aliphatic imine (C=N–C) groups is 1. The smallest absolute Gasteiger partial charge is 0.188 e. The zero-order chi connectivity index (χ0) is 15.1. The highest BCUT2D eigenvalue weighted by molar-refractivity contribution is 14.0. The summed E-state index contributed by atoms with van der Waals surface area (Å²) in [6.45, 7) is 5.28. The van der Waals surface area contributed by atoms with Crippen molar-refractivity contribution in [2.45, 2.75) is 52.0 Å². The van der Waals surface area contributed by atoms with E-state index in [1.807, 2.05) is 12.1 Å². The Morgan fingerprint density at radius 1 is 1.18 bits per heavy atom. The van der Waals surface area contributed by atoms with Crippen LogP contribution in [0.2, 0.25) is 0 Å². The fourth-order valence-electron chi connectivity index (χ4n) is 2.85. The van der Waals surface area contributed by atoms with E-state index in [9.17, 15) is 0 Å². The van der Waals surface area contributed by atoms with Gasteiger partial charge < -0.3 is 15.8 Å². The summed E-state index contributed by atoms with van der Waals surface area (Å²) in [6.07, 6.45) is 6.34. The van der Waals surface area contributed by atoms with Gasteiger partial charge in [0.25, 0.3) is 0 Å². The molecule has 3 N–H and O–H groups in total. The van der Waals surface area contributed by atoms with Gasteiger partial charge in [0.15, 0.2) is 5.96 Å². The number of hydrogen-bond donors (Lipinski definition) is 2. The van der Waals surface area contributed by atoms with Gasteiger partial charge >= 0.3 is 0 Å². The standard InChI is InChI=1S/C17H27N3O.HI/c1-13-10-14(2)12-16(11-13)21-9-8-19-17(18)20-15-6-4-3-5-7-15;/h10-12,15H,3-9H2,1-2H3,(H3,18,19,20);1H. The number of guanidine groups is 1. The number of ether oxygens (including phenoxy) is 1. The van der Waals surface area contributed by atoms with E-state index in [0.29, 0.717) is 25.2 Å². The summed E-state index contributed by atoms with van der Waals surface area (Å²) in [5.41, 5.74) is 8.35. The minimum absolute atomic E-state index is 0. The van der Waals surface area contributed by atoms with Crippen molar-refractivity contribution >= 4 is 29.9 Å². The average molecular weight is 417 g/mol. The summed E-state index contributed by atoms with van der Waals surface area (Å²) in [5, 5.41) is 3.31. The molecule has 0 bridgehead atoms. The van der Waals surface area contributed by atoms with Crippen LogP contribution in [0.15, 0.2) is 23.2 Å². The van der Waals surface area contributed by atoms with Crippen molar-refractivity contribution in [1.82, 2.24) is 5.32 Å². The summed E-state index contributed by atoms with van der Waals surface area (Å²) < 4.78 is 5.72. The Morgan fingerprint density at radius 3 is 2.45 bits per heavy atom. The van der Waals surface area contributed by atoms with Crippen LogP contribution >= 0.6 is 24.0 Å². The lowest BCUT2D eigenvalue weighted by molar-refractivity contribution is 0.328. The average Bonchev–Trinajstić information content (AvgIpc) is 2.44. The fraction of sp³-hybridized carbons (Fsp3) is 0.588. The SMILES string of the molecule is Cc1cc(C)cc(OCCN=C(N)NC2CCCCC2)c1.I. The van der Waals surface area contributed by atoms with Crippen molar-refractivity contribution in [3.63, 3.8) is 0 Å². The molecule has 1 aromatic carbocycles. The number of rotatable bonds is 5. The van der Waals surface area contributed by atoms with E-state index < -0.39 is 0 Å².